The number of halogens is 4. The van der Waals surface area contributed by atoms with Crippen molar-refractivity contribution in [3.05, 3.63) is 88.8 Å². The van der Waals surface area contributed by atoms with E-state index in [-0.39, 0.29) is 22.8 Å². The molecule has 0 radical (unpaired) electrons. The van der Waals surface area contributed by atoms with E-state index in [4.69, 9.17) is 5.73 Å². The number of rotatable bonds is 3. The van der Waals surface area contributed by atoms with Gasteiger partial charge in [-0.25, -0.2) is 4.39 Å². The van der Waals surface area contributed by atoms with Gasteiger partial charge in [-0.3, -0.25) is 19.8 Å². The molecule has 0 saturated carbocycles. The van der Waals surface area contributed by atoms with Crippen LogP contribution < -0.4 is 11.1 Å². The monoisotopic (exact) mass is 443 g/mol. The molecule has 3 N–H and O–H groups in total. The molecule has 0 saturated heterocycles. The summed E-state index contributed by atoms with van der Waals surface area (Å²) in [5, 5.41) is 2.53. The third-order valence-corrected chi connectivity index (χ3v) is 5.21. The maximum Gasteiger partial charge on any atom is 0.417 e. The molecule has 164 valence electrons. The standard InChI is InChI=1S/C22H17F4N5O/c1-21(9-12-10-28-7-6-15(12)19(27)31-21)16-8-14(3-4-17(16)23)30-20(32)18-5-2-13(11-29-18)22(24,25)26/h2-8,10-11H,9H2,1H3,(H2,27,31)(H,30,32). The summed E-state index contributed by atoms with van der Waals surface area (Å²) in [4.78, 5) is 24.6. The normalized spacial score (nSPS) is 18.0. The number of benzene rings is 1. The predicted octanol–water partition coefficient (Wildman–Crippen LogP) is 4.06. The molecule has 0 fully saturated rings. The molecule has 0 bridgehead atoms. The minimum Gasteiger partial charge on any atom is -0.383 e. The zero-order chi connectivity index (χ0) is 23.1. The Hall–Kier alpha value is -3.82. The van der Waals surface area contributed by atoms with Crippen LogP contribution in [-0.4, -0.2) is 21.7 Å². The number of hydrogen-bond acceptors (Lipinski definition) is 5. The molecule has 2 aromatic heterocycles. The second-order valence-electron chi connectivity index (χ2n) is 7.56. The molecule has 4 rings (SSSR count). The van der Waals surface area contributed by atoms with Crippen molar-refractivity contribution in [2.24, 2.45) is 10.7 Å². The average molecular weight is 443 g/mol. The number of fused-ring (bicyclic) bond motifs is 1. The molecule has 0 aliphatic carbocycles. The average Bonchev–Trinajstić information content (AvgIpc) is 2.74. The van der Waals surface area contributed by atoms with Gasteiger partial charge in [0.1, 0.15) is 17.3 Å². The zero-order valence-corrected chi connectivity index (χ0v) is 16.7. The first-order chi connectivity index (χ1) is 15.1. The van der Waals surface area contributed by atoms with Crippen LogP contribution in [0.3, 0.4) is 0 Å². The number of carbonyl (C=O) groups is 1. The third kappa shape index (κ3) is 4.03. The highest BCUT2D eigenvalue weighted by Crippen LogP contribution is 2.37. The van der Waals surface area contributed by atoms with Crippen molar-refractivity contribution >= 4 is 17.4 Å². The quantitative estimate of drug-likeness (QED) is 0.597. The van der Waals surface area contributed by atoms with Crippen molar-refractivity contribution in [2.75, 3.05) is 5.32 Å². The van der Waals surface area contributed by atoms with E-state index >= 15 is 0 Å². The van der Waals surface area contributed by atoms with Crippen LogP contribution in [0.15, 0.2) is 60.0 Å². The molecule has 6 nitrogen and oxygen atoms in total. The number of alkyl halides is 3. The highest BCUT2D eigenvalue weighted by atomic mass is 19.4. The van der Waals surface area contributed by atoms with Gasteiger partial charge in [0, 0.05) is 41.8 Å². The molecule has 1 atom stereocenters. The topological polar surface area (TPSA) is 93.3 Å². The van der Waals surface area contributed by atoms with Gasteiger partial charge in [-0.05, 0) is 48.9 Å². The Kier molecular flexibility index (Phi) is 5.15. The first-order valence-corrected chi connectivity index (χ1v) is 9.50. The fourth-order valence-electron chi connectivity index (χ4n) is 3.62. The summed E-state index contributed by atoms with van der Waals surface area (Å²) in [7, 11) is 0. The number of anilines is 1. The van der Waals surface area contributed by atoms with Gasteiger partial charge >= 0.3 is 6.18 Å². The second kappa shape index (κ2) is 7.70. The highest BCUT2D eigenvalue weighted by Gasteiger charge is 2.35. The minimum atomic E-state index is -4.56. The van der Waals surface area contributed by atoms with Crippen molar-refractivity contribution in [1.29, 1.82) is 0 Å². The lowest BCUT2D eigenvalue weighted by molar-refractivity contribution is -0.137. The van der Waals surface area contributed by atoms with E-state index in [1.165, 1.54) is 18.2 Å². The van der Waals surface area contributed by atoms with Crippen LogP contribution in [0.25, 0.3) is 0 Å². The Morgan fingerprint density at radius 2 is 1.94 bits per heavy atom. The molecular formula is C22H17F4N5O. The highest BCUT2D eigenvalue weighted by molar-refractivity contribution is 6.03. The maximum absolute atomic E-state index is 14.8. The molecule has 10 heteroatoms. The van der Waals surface area contributed by atoms with E-state index in [9.17, 15) is 22.4 Å². The number of hydrogen-bond donors (Lipinski definition) is 2. The third-order valence-electron chi connectivity index (χ3n) is 5.21. The number of aliphatic imine (C=N–C) groups is 1. The van der Waals surface area contributed by atoms with E-state index < -0.39 is 29.0 Å². The fourth-order valence-corrected chi connectivity index (χ4v) is 3.62. The summed E-state index contributed by atoms with van der Waals surface area (Å²) in [6.07, 6.45) is -0.396. The van der Waals surface area contributed by atoms with Crippen LogP contribution in [0.4, 0.5) is 23.2 Å². The van der Waals surface area contributed by atoms with Gasteiger partial charge in [-0.1, -0.05) is 0 Å². The molecule has 1 amide bonds. The van der Waals surface area contributed by atoms with Gasteiger partial charge in [0.15, 0.2) is 0 Å². The van der Waals surface area contributed by atoms with Crippen molar-refractivity contribution in [1.82, 2.24) is 9.97 Å². The molecule has 1 aliphatic rings. The van der Waals surface area contributed by atoms with Crippen LogP contribution in [0.5, 0.6) is 0 Å². The lowest BCUT2D eigenvalue weighted by atomic mass is 9.82. The molecule has 3 aromatic rings. The van der Waals surface area contributed by atoms with Crippen LogP contribution in [-0.2, 0) is 18.1 Å². The number of carbonyl (C=O) groups excluding carboxylic acids is 1. The van der Waals surface area contributed by atoms with E-state index in [1.807, 2.05) is 0 Å². The van der Waals surface area contributed by atoms with E-state index in [0.717, 1.165) is 23.3 Å². The van der Waals surface area contributed by atoms with E-state index in [0.29, 0.717) is 12.6 Å². The number of pyridine rings is 2. The number of nitrogens with one attached hydrogen (secondary N) is 1. The number of nitrogens with zero attached hydrogens (tertiary/aromatic N) is 3. The van der Waals surface area contributed by atoms with Gasteiger partial charge in [0.05, 0.1) is 11.1 Å². The van der Waals surface area contributed by atoms with Crippen LogP contribution >= 0.6 is 0 Å². The minimum absolute atomic E-state index is 0.202. The molecule has 0 spiro atoms. The van der Waals surface area contributed by atoms with Gasteiger partial charge in [-0.2, -0.15) is 13.2 Å². The number of nitrogens with two attached hydrogens (primary N) is 1. The fraction of sp³-hybridized carbons (Fsp3) is 0.182. The Morgan fingerprint density at radius 3 is 2.62 bits per heavy atom. The first-order valence-electron chi connectivity index (χ1n) is 9.50. The summed E-state index contributed by atoms with van der Waals surface area (Å²) in [5.74, 6) is -1.02. The lowest BCUT2D eigenvalue weighted by Gasteiger charge is -2.32. The van der Waals surface area contributed by atoms with E-state index in [2.05, 4.69) is 20.3 Å². The summed E-state index contributed by atoms with van der Waals surface area (Å²) in [5.41, 5.74) is 5.85. The molecule has 3 heterocycles. The Bertz CT molecular complexity index is 1220. The molecular weight excluding hydrogens is 426 g/mol. The van der Waals surface area contributed by atoms with Crippen LogP contribution in [0.1, 0.15) is 39.7 Å². The van der Waals surface area contributed by atoms with Gasteiger partial charge in [0.25, 0.3) is 5.91 Å². The Labute approximate surface area is 180 Å². The Balaban J connectivity index is 1.61. The molecule has 1 aliphatic heterocycles. The van der Waals surface area contributed by atoms with Crippen molar-refractivity contribution < 1.29 is 22.4 Å². The SMILES string of the molecule is CC1(c2cc(NC(=O)c3ccc(C(F)(F)F)cn3)ccc2F)Cc2cnccc2C(N)=N1. The molecule has 32 heavy (non-hydrogen) atoms. The smallest absolute Gasteiger partial charge is 0.383 e. The zero-order valence-electron chi connectivity index (χ0n) is 16.7. The predicted molar refractivity (Wildman–Crippen MR) is 110 cm³/mol. The second-order valence-corrected chi connectivity index (χ2v) is 7.56. The molecule has 1 aromatic carbocycles. The van der Waals surface area contributed by atoms with Crippen LogP contribution in [0.2, 0.25) is 0 Å². The number of amides is 1. The number of amidine groups is 1. The van der Waals surface area contributed by atoms with Gasteiger partial charge < -0.3 is 11.1 Å². The first kappa shape index (κ1) is 21.4. The van der Waals surface area contributed by atoms with Crippen molar-refractivity contribution in [2.45, 2.75) is 25.1 Å². The summed E-state index contributed by atoms with van der Waals surface area (Å²) < 4.78 is 52.8. The largest absolute Gasteiger partial charge is 0.417 e. The summed E-state index contributed by atoms with van der Waals surface area (Å²) in [6, 6.07) is 7.42. The van der Waals surface area contributed by atoms with Gasteiger partial charge in [-0.15, -0.1) is 0 Å². The van der Waals surface area contributed by atoms with Crippen LogP contribution in [0, 0.1) is 5.82 Å². The van der Waals surface area contributed by atoms with Gasteiger partial charge in [0.2, 0.25) is 0 Å². The van der Waals surface area contributed by atoms with E-state index in [1.54, 1.807) is 25.4 Å². The summed E-state index contributed by atoms with van der Waals surface area (Å²) in [6.45, 7) is 1.72. The lowest BCUT2D eigenvalue weighted by Crippen LogP contribution is -2.34. The Morgan fingerprint density at radius 1 is 1.16 bits per heavy atom. The maximum atomic E-state index is 14.8. The van der Waals surface area contributed by atoms with Crippen molar-refractivity contribution in [3.8, 4) is 0 Å². The number of aromatic nitrogens is 2. The van der Waals surface area contributed by atoms with Crippen molar-refractivity contribution in [3.63, 3.8) is 0 Å². The summed E-state index contributed by atoms with van der Waals surface area (Å²) >= 11 is 0. The molecule has 1 unspecified atom stereocenters.